The Balaban J connectivity index is 1.43. The van der Waals surface area contributed by atoms with E-state index in [1.807, 2.05) is 11.0 Å². The van der Waals surface area contributed by atoms with Gasteiger partial charge in [0.2, 0.25) is 5.91 Å². The summed E-state index contributed by atoms with van der Waals surface area (Å²) in [5.41, 5.74) is 0.584. The van der Waals surface area contributed by atoms with E-state index < -0.39 is 0 Å². The van der Waals surface area contributed by atoms with Gasteiger partial charge in [-0.1, -0.05) is 0 Å². The van der Waals surface area contributed by atoms with E-state index in [1.165, 1.54) is 0 Å². The predicted molar refractivity (Wildman–Crippen MR) is 149 cm³/mol. The number of amides is 2. The van der Waals surface area contributed by atoms with Gasteiger partial charge < -0.3 is 34.1 Å². The van der Waals surface area contributed by atoms with Gasteiger partial charge in [-0.2, -0.15) is 0 Å². The fourth-order valence-corrected chi connectivity index (χ4v) is 5.70. The van der Waals surface area contributed by atoms with Gasteiger partial charge in [-0.05, 0) is 69.6 Å². The number of hydrogen-bond donors (Lipinski definition) is 1. The van der Waals surface area contributed by atoms with Crippen LogP contribution < -0.4 is 14.8 Å². The molecular weight excluding hydrogens is 498 g/mol. The Bertz CT molecular complexity index is 947. The van der Waals surface area contributed by atoms with Crippen molar-refractivity contribution >= 4 is 11.8 Å². The summed E-state index contributed by atoms with van der Waals surface area (Å²) >= 11 is 0. The summed E-state index contributed by atoms with van der Waals surface area (Å²) in [6.07, 6.45) is 4.81. The number of carbonyl (C=O) groups excluding carboxylic acids is 2. The van der Waals surface area contributed by atoms with Gasteiger partial charge in [-0.3, -0.25) is 9.59 Å². The standard InChI is InChI=1S/C30H47N3O6/c1-21(2)32(29(34)22-8-11-27(37-4)28(15-22)39-14-6-12-36-3)18-24-16-31-17-25(24)19-33(26-9-10-26)30(35)23-7-5-13-38-20-23/h8,11,15,21,23-26,31H,5-7,9-10,12-14,16-20H2,1-4H3/t23-,24-,25-/m0/s1. The third kappa shape index (κ3) is 7.86. The molecule has 1 N–H and O–H groups in total. The highest BCUT2D eigenvalue weighted by molar-refractivity contribution is 5.95. The van der Waals surface area contributed by atoms with Crippen LogP contribution in [-0.2, 0) is 14.3 Å². The minimum absolute atomic E-state index is 0.0121. The molecule has 1 aromatic carbocycles. The second-order valence-corrected chi connectivity index (χ2v) is 11.4. The third-order valence-corrected chi connectivity index (χ3v) is 8.17. The van der Waals surface area contributed by atoms with Crippen LogP contribution in [0.3, 0.4) is 0 Å². The van der Waals surface area contributed by atoms with Gasteiger partial charge >= 0.3 is 0 Å². The highest BCUT2D eigenvalue weighted by Gasteiger charge is 2.40. The highest BCUT2D eigenvalue weighted by atomic mass is 16.5. The molecule has 1 aliphatic carbocycles. The van der Waals surface area contributed by atoms with Crippen molar-refractivity contribution in [3.63, 3.8) is 0 Å². The minimum atomic E-state index is -0.0190. The van der Waals surface area contributed by atoms with Crippen LogP contribution in [-0.4, -0.2) is 101 Å². The molecule has 0 aromatic heterocycles. The Morgan fingerprint density at radius 1 is 1.05 bits per heavy atom. The first-order valence-corrected chi connectivity index (χ1v) is 14.6. The summed E-state index contributed by atoms with van der Waals surface area (Å²) in [6, 6.07) is 5.79. The Kier molecular flexibility index (Phi) is 10.9. The van der Waals surface area contributed by atoms with E-state index in [0.717, 1.165) is 58.3 Å². The van der Waals surface area contributed by atoms with E-state index in [4.69, 9.17) is 18.9 Å². The second kappa shape index (κ2) is 14.3. The Hall–Kier alpha value is -2.36. The molecule has 1 aromatic rings. The second-order valence-electron chi connectivity index (χ2n) is 11.4. The summed E-state index contributed by atoms with van der Waals surface area (Å²) in [6.45, 7) is 9.62. The normalized spacial score (nSPS) is 23.1. The van der Waals surface area contributed by atoms with Crippen molar-refractivity contribution in [2.45, 2.75) is 58.0 Å². The fraction of sp³-hybridized carbons (Fsp3) is 0.733. The average Bonchev–Trinajstić information content (AvgIpc) is 3.70. The summed E-state index contributed by atoms with van der Waals surface area (Å²) in [7, 11) is 3.27. The molecule has 2 amide bonds. The number of hydrogen-bond acceptors (Lipinski definition) is 7. The van der Waals surface area contributed by atoms with Crippen molar-refractivity contribution in [2.75, 3.05) is 66.8 Å². The zero-order valence-corrected chi connectivity index (χ0v) is 24.2. The van der Waals surface area contributed by atoms with Crippen LogP contribution >= 0.6 is 0 Å². The lowest BCUT2D eigenvalue weighted by Gasteiger charge is -2.35. The molecule has 2 heterocycles. The van der Waals surface area contributed by atoms with Crippen LogP contribution in [0, 0.1) is 17.8 Å². The molecule has 2 saturated heterocycles. The summed E-state index contributed by atoms with van der Waals surface area (Å²) < 4.78 is 22.1. The van der Waals surface area contributed by atoms with Gasteiger partial charge in [0, 0.05) is 70.6 Å². The largest absolute Gasteiger partial charge is 0.493 e. The molecule has 1 saturated carbocycles. The smallest absolute Gasteiger partial charge is 0.254 e. The summed E-state index contributed by atoms with van der Waals surface area (Å²) in [5, 5.41) is 3.54. The van der Waals surface area contributed by atoms with E-state index in [0.29, 0.717) is 55.4 Å². The van der Waals surface area contributed by atoms with E-state index in [-0.39, 0.29) is 29.7 Å². The molecule has 3 atom stereocenters. The van der Waals surface area contributed by atoms with Gasteiger partial charge in [-0.25, -0.2) is 0 Å². The van der Waals surface area contributed by atoms with Crippen molar-refractivity contribution < 1.29 is 28.5 Å². The lowest BCUT2D eigenvalue weighted by atomic mass is 9.92. The minimum Gasteiger partial charge on any atom is -0.493 e. The zero-order valence-electron chi connectivity index (χ0n) is 24.2. The predicted octanol–water partition coefficient (Wildman–Crippen LogP) is 3.21. The first-order chi connectivity index (χ1) is 18.9. The first-order valence-electron chi connectivity index (χ1n) is 14.6. The van der Waals surface area contributed by atoms with Crippen molar-refractivity contribution in [1.82, 2.24) is 15.1 Å². The van der Waals surface area contributed by atoms with Crippen molar-refractivity contribution in [3.8, 4) is 11.5 Å². The number of benzene rings is 1. The molecule has 2 aliphatic heterocycles. The van der Waals surface area contributed by atoms with E-state index in [9.17, 15) is 9.59 Å². The lowest BCUT2D eigenvalue weighted by Crippen LogP contribution is -2.46. The van der Waals surface area contributed by atoms with Crippen LogP contribution in [0.25, 0.3) is 0 Å². The third-order valence-electron chi connectivity index (χ3n) is 8.17. The number of carbonyl (C=O) groups is 2. The Morgan fingerprint density at radius 2 is 1.82 bits per heavy atom. The molecule has 218 valence electrons. The zero-order chi connectivity index (χ0) is 27.8. The fourth-order valence-electron chi connectivity index (χ4n) is 5.70. The number of rotatable bonds is 14. The summed E-state index contributed by atoms with van der Waals surface area (Å²) in [4.78, 5) is 31.3. The maximum absolute atomic E-state index is 13.8. The lowest BCUT2D eigenvalue weighted by molar-refractivity contribution is -0.141. The van der Waals surface area contributed by atoms with Crippen LogP contribution in [0.15, 0.2) is 18.2 Å². The Morgan fingerprint density at radius 3 is 2.46 bits per heavy atom. The number of ether oxygens (including phenoxy) is 4. The monoisotopic (exact) mass is 545 g/mol. The molecule has 0 unspecified atom stereocenters. The maximum Gasteiger partial charge on any atom is 0.254 e. The van der Waals surface area contributed by atoms with Gasteiger partial charge in [0.05, 0.1) is 26.2 Å². The molecule has 3 aliphatic rings. The van der Waals surface area contributed by atoms with Gasteiger partial charge in [-0.15, -0.1) is 0 Å². The van der Waals surface area contributed by atoms with Crippen LogP contribution in [0.1, 0.15) is 56.3 Å². The van der Waals surface area contributed by atoms with Gasteiger partial charge in [0.15, 0.2) is 11.5 Å². The molecule has 4 rings (SSSR count). The average molecular weight is 546 g/mol. The van der Waals surface area contributed by atoms with Crippen molar-refractivity contribution in [3.05, 3.63) is 23.8 Å². The van der Waals surface area contributed by atoms with Crippen molar-refractivity contribution in [1.29, 1.82) is 0 Å². The molecule has 9 nitrogen and oxygen atoms in total. The Labute approximate surface area is 233 Å². The number of nitrogens with one attached hydrogen (secondary N) is 1. The van der Waals surface area contributed by atoms with E-state index >= 15 is 0 Å². The van der Waals surface area contributed by atoms with Crippen LogP contribution in [0.4, 0.5) is 0 Å². The van der Waals surface area contributed by atoms with E-state index in [1.54, 1.807) is 26.4 Å². The number of methoxy groups -OCH3 is 2. The topological polar surface area (TPSA) is 89.6 Å². The van der Waals surface area contributed by atoms with Crippen LogP contribution in [0.2, 0.25) is 0 Å². The summed E-state index contributed by atoms with van der Waals surface area (Å²) in [5.74, 6) is 1.98. The highest BCUT2D eigenvalue weighted by Crippen LogP contribution is 2.33. The van der Waals surface area contributed by atoms with Crippen molar-refractivity contribution in [2.24, 2.45) is 17.8 Å². The van der Waals surface area contributed by atoms with Gasteiger partial charge in [0.25, 0.3) is 5.91 Å². The molecule has 0 bridgehead atoms. The molecule has 9 heteroatoms. The van der Waals surface area contributed by atoms with Gasteiger partial charge in [0.1, 0.15) is 0 Å². The van der Waals surface area contributed by atoms with E-state index in [2.05, 4.69) is 24.1 Å². The van der Waals surface area contributed by atoms with Crippen LogP contribution in [0.5, 0.6) is 11.5 Å². The molecule has 3 fully saturated rings. The molecule has 39 heavy (non-hydrogen) atoms. The first kappa shape index (κ1) is 29.6. The molecular formula is C30H47N3O6. The molecule has 0 radical (unpaired) electrons. The quantitative estimate of drug-likeness (QED) is 0.359. The SMILES string of the molecule is COCCCOc1cc(C(=O)N(C[C@@H]2CNC[C@H]2CN(C(=O)[C@H]2CCCOC2)C2CC2)C(C)C)ccc1OC. The molecule has 0 spiro atoms. The maximum atomic E-state index is 13.8. The number of nitrogens with zero attached hydrogens (tertiary/aromatic N) is 2.